The Morgan fingerprint density at radius 3 is 1.87 bits per heavy atom. The van der Waals surface area contributed by atoms with Gasteiger partial charge in [-0.1, -0.05) is 0 Å². The topological polar surface area (TPSA) is 93.7 Å². The summed E-state index contributed by atoms with van der Waals surface area (Å²) in [5.41, 5.74) is 0. The van der Waals surface area contributed by atoms with Gasteiger partial charge >= 0.3 is 20.3 Å². The molecule has 0 bridgehead atoms. The normalized spacial score (nSPS) is 11.9. The average Bonchev–Trinajstić information content (AvgIpc) is 2.44. The molecule has 0 aliphatic rings. The van der Waals surface area contributed by atoms with Crippen molar-refractivity contribution in [2.75, 3.05) is 26.3 Å². The summed E-state index contributed by atoms with van der Waals surface area (Å²) in [5.74, 6) is -2.10. The summed E-state index contributed by atoms with van der Waals surface area (Å²) >= 11 is 0. The van der Waals surface area contributed by atoms with E-state index in [2.05, 4.69) is 5.32 Å². The molecule has 23 heavy (non-hydrogen) atoms. The van der Waals surface area contributed by atoms with Gasteiger partial charge in [0, 0.05) is 24.6 Å². The Labute approximate surface area is 133 Å². The van der Waals surface area contributed by atoms with Crippen molar-refractivity contribution in [3.05, 3.63) is 0 Å². The summed E-state index contributed by atoms with van der Waals surface area (Å²) in [6.07, 6.45) is -2.99. The van der Waals surface area contributed by atoms with Gasteiger partial charge < -0.3 is 10.6 Å². The Bertz CT molecular complexity index is 393. The van der Waals surface area contributed by atoms with Gasteiger partial charge in [0.1, 0.15) is 13.2 Å². The quantitative estimate of drug-likeness (QED) is 0.410. The molecular weight excluding hydrogens is 340 g/mol. The van der Waals surface area contributed by atoms with Gasteiger partial charge in [-0.2, -0.15) is 13.2 Å². The zero-order chi connectivity index (χ0) is 17.7. The highest BCUT2D eigenvalue weighted by molar-refractivity contribution is 7.33. The summed E-state index contributed by atoms with van der Waals surface area (Å²) in [6.45, 7) is 2.07. The monoisotopic (exact) mass is 361 g/mol. The highest BCUT2D eigenvalue weighted by atomic mass is 31.1. The van der Waals surface area contributed by atoms with Crippen LogP contribution in [-0.4, -0.2) is 44.3 Å². The fourth-order valence-electron chi connectivity index (χ4n) is 1.34. The van der Waals surface area contributed by atoms with Gasteiger partial charge in [-0.05, 0) is 25.7 Å². The lowest BCUT2D eigenvalue weighted by Gasteiger charge is -2.06. The van der Waals surface area contributed by atoms with Crippen molar-refractivity contribution in [1.82, 2.24) is 10.6 Å². The number of carbonyl (C=O) groups is 2. The first-order chi connectivity index (χ1) is 10.7. The van der Waals surface area contributed by atoms with E-state index in [1.165, 1.54) is 6.92 Å². The molecule has 0 spiro atoms. The van der Waals surface area contributed by atoms with Crippen LogP contribution in [0.5, 0.6) is 0 Å². The van der Waals surface area contributed by atoms with Gasteiger partial charge in [-0.15, -0.1) is 9.05 Å². The number of unbranched alkanes of at least 4 members (excludes halogenated alkanes) is 2. The third-order valence-corrected chi connectivity index (χ3v) is 3.24. The first kappa shape index (κ1) is 21.8. The molecule has 1 unspecified atom stereocenters. The minimum atomic E-state index is -4.88. The molecule has 0 aromatic carbocycles. The van der Waals surface area contributed by atoms with Crippen LogP contribution in [0.25, 0.3) is 0 Å². The highest BCUT2D eigenvalue weighted by Crippen LogP contribution is 2.24. The molecule has 0 aromatic heterocycles. The lowest BCUT2D eigenvalue weighted by atomic mass is 10.3. The van der Waals surface area contributed by atoms with Crippen LogP contribution in [0.3, 0.4) is 0 Å². The van der Waals surface area contributed by atoms with Gasteiger partial charge in [0.25, 0.3) is 0 Å². The standard InChI is InChI=1S/C12H20F3N2O5P/c1-10(18)16-6-2-4-8-21-23(20)22-9-5-3-7-17-11(19)12(13,14)15/h2-9H2,1H3,(H-,16,17,18,19)/p+1. The van der Waals surface area contributed by atoms with Crippen molar-refractivity contribution < 1.29 is 36.4 Å². The summed E-state index contributed by atoms with van der Waals surface area (Å²) in [4.78, 5) is 21.1. The van der Waals surface area contributed by atoms with E-state index in [0.717, 1.165) is 0 Å². The van der Waals surface area contributed by atoms with Crippen molar-refractivity contribution in [1.29, 1.82) is 0 Å². The maximum atomic E-state index is 11.9. The van der Waals surface area contributed by atoms with E-state index in [-0.39, 0.29) is 32.1 Å². The number of rotatable bonds is 12. The summed E-state index contributed by atoms with van der Waals surface area (Å²) in [6, 6.07) is 0. The molecule has 0 aliphatic carbocycles. The van der Waals surface area contributed by atoms with Crippen molar-refractivity contribution >= 4 is 20.1 Å². The maximum absolute atomic E-state index is 11.9. The second kappa shape index (κ2) is 12.2. The predicted octanol–water partition coefficient (Wildman–Crippen LogP) is 2.05. The van der Waals surface area contributed by atoms with Crippen molar-refractivity contribution in [3.8, 4) is 0 Å². The van der Waals surface area contributed by atoms with E-state index < -0.39 is 20.3 Å². The van der Waals surface area contributed by atoms with E-state index in [9.17, 15) is 27.3 Å². The number of halogens is 3. The minimum Gasteiger partial charge on any atom is -0.356 e. The van der Waals surface area contributed by atoms with Crippen LogP contribution in [0.15, 0.2) is 0 Å². The Kier molecular flexibility index (Phi) is 11.5. The van der Waals surface area contributed by atoms with E-state index in [1.54, 1.807) is 5.32 Å². The van der Waals surface area contributed by atoms with Gasteiger partial charge in [-0.3, -0.25) is 9.59 Å². The van der Waals surface area contributed by atoms with Crippen LogP contribution in [0, 0.1) is 0 Å². The van der Waals surface area contributed by atoms with Gasteiger partial charge in [0.15, 0.2) is 0 Å². The van der Waals surface area contributed by atoms with E-state index in [4.69, 9.17) is 9.05 Å². The molecule has 7 nitrogen and oxygen atoms in total. The Balaban J connectivity index is 3.40. The third kappa shape index (κ3) is 14.1. The minimum absolute atomic E-state index is 0.0585. The molecule has 2 amide bonds. The van der Waals surface area contributed by atoms with Crippen LogP contribution < -0.4 is 10.6 Å². The average molecular weight is 361 g/mol. The van der Waals surface area contributed by atoms with Crippen molar-refractivity contribution in [2.24, 2.45) is 0 Å². The number of alkyl halides is 3. The predicted molar refractivity (Wildman–Crippen MR) is 75.7 cm³/mol. The number of amides is 2. The lowest BCUT2D eigenvalue weighted by Crippen LogP contribution is -2.37. The molecule has 1 atom stereocenters. The zero-order valence-corrected chi connectivity index (χ0v) is 13.7. The van der Waals surface area contributed by atoms with E-state index >= 15 is 0 Å². The van der Waals surface area contributed by atoms with E-state index in [1.807, 2.05) is 0 Å². The van der Waals surface area contributed by atoms with Crippen LogP contribution in [0.4, 0.5) is 13.2 Å². The molecule has 0 rings (SSSR count). The number of nitrogens with one attached hydrogen (secondary N) is 2. The highest BCUT2D eigenvalue weighted by Gasteiger charge is 2.38. The molecule has 0 fully saturated rings. The Hall–Kier alpha value is -1.25. The maximum Gasteiger partial charge on any atom is 0.697 e. The molecule has 0 heterocycles. The summed E-state index contributed by atoms with van der Waals surface area (Å²) in [5, 5.41) is 4.32. The fraction of sp³-hybridized carbons (Fsp3) is 0.833. The molecule has 0 saturated carbocycles. The smallest absolute Gasteiger partial charge is 0.356 e. The fourth-order valence-corrected chi connectivity index (χ4v) is 1.97. The first-order valence-corrected chi connectivity index (χ1v) is 8.15. The van der Waals surface area contributed by atoms with Crippen molar-refractivity contribution in [2.45, 2.75) is 38.8 Å². The largest absolute Gasteiger partial charge is 0.697 e. The van der Waals surface area contributed by atoms with Crippen LogP contribution in [0.1, 0.15) is 32.6 Å². The summed E-state index contributed by atoms with van der Waals surface area (Å²) < 4.78 is 56.6. The molecule has 0 radical (unpaired) electrons. The van der Waals surface area contributed by atoms with Gasteiger partial charge in [-0.25, -0.2) is 0 Å². The second-order valence-electron chi connectivity index (χ2n) is 4.54. The Morgan fingerprint density at radius 2 is 1.43 bits per heavy atom. The summed E-state index contributed by atoms with van der Waals surface area (Å²) in [7, 11) is -2.27. The Morgan fingerprint density at radius 1 is 0.957 bits per heavy atom. The molecule has 11 heteroatoms. The molecule has 0 saturated heterocycles. The SMILES string of the molecule is CC(=O)NCCCCO[P+](=O)OCCCCNC(=O)C(F)(F)F. The third-order valence-electron chi connectivity index (χ3n) is 2.45. The molecule has 0 aliphatic heterocycles. The number of hydrogen-bond donors (Lipinski definition) is 2. The second-order valence-corrected chi connectivity index (χ2v) is 5.50. The van der Waals surface area contributed by atoms with Crippen LogP contribution in [0.2, 0.25) is 0 Å². The van der Waals surface area contributed by atoms with Gasteiger partial charge in [0.05, 0.1) is 0 Å². The first-order valence-electron chi connectivity index (χ1n) is 7.06. The molecular formula is C12H21F3N2O5P+. The number of hydrogen-bond acceptors (Lipinski definition) is 5. The number of carbonyl (C=O) groups excluding carboxylic acids is 2. The molecule has 2 N–H and O–H groups in total. The molecule has 0 aromatic rings. The van der Waals surface area contributed by atoms with Crippen LogP contribution in [-0.2, 0) is 23.2 Å². The van der Waals surface area contributed by atoms with Gasteiger partial charge in [0.2, 0.25) is 5.91 Å². The zero-order valence-electron chi connectivity index (χ0n) is 12.8. The molecule has 134 valence electrons. The van der Waals surface area contributed by atoms with E-state index in [0.29, 0.717) is 25.8 Å². The lowest BCUT2D eigenvalue weighted by molar-refractivity contribution is -0.173. The van der Waals surface area contributed by atoms with Crippen molar-refractivity contribution in [3.63, 3.8) is 0 Å². The van der Waals surface area contributed by atoms with Crippen LogP contribution >= 0.6 is 8.25 Å².